The van der Waals surface area contributed by atoms with Gasteiger partial charge in [-0.15, -0.1) is 0 Å². The highest BCUT2D eigenvalue weighted by molar-refractivity contribution is 5.76. The second-order valence-corrected chi connectivity index (χ2v) is 5.52. The fraction of sp³-hybridized carbons (Fsp3) is 0.438. The van der Waals surface area contributed by atoms with E-state index in [1.54, 1.807) is 15.0 Å². The summed E-state index contributed by atoms with van der Waals surface area (Å²) in [6.45, 7) is 6.56. The molecule has 6 nitrogen and oxygen atoms in total. The molecular weight excluding hydrogens is 280 g/mol. The molecule has 0 fully saturated rings. The number of nitrogens with zero attached hydrogens (tertiary/aromatic N) is 3. The summed E-state index contributed by atoms with van der Waals surface area (Å²) in [5.74, 6) is 0.791. The first-order chi connectivity index (χ1) is 10.6. The van der Waals surface area contributed by atoms with Crippen molar-refractivity contribution in [2.24, 2.45) is 0 Å². The maximum absolute atomic E-state index is 12.9. The number of unbranched alkanes of at least 4 members (excludes halogenated alkanes) is 1. The van der Waals surface area contributed by atoms with Gasteiger partial charge in [0.15, 0.2) is 0 Å². The van der Waals surface area contributed by atoms with Gasteiger partial charge in [-0.25, -0.2) is 4.98 Å². The zero-order valence-electron chi connectivity index (χ0n) is 13.1. The molecule has 0 saturated heterocycles. The molecule has 6 heteroatoms. The van der Waals surface area contributed by atoms with Gasteiger partial charge in [-0.2, -0.15) is 0 Å². The summed E-state index contributed by atoms with van der Waals surface area (Å²) in [5.41, 5.74) is 2.44. The Labute approximate surface area is 127 Å². The molecule has 3 rings (SSSR count). The first-order valence-corrected chi connectivity index (χ1v) is 7.72. The van der Waals surface area contributed by atoms with Crippen molar-refractivity contribution in [1.82, 2.24) is 18.9 Å². The van der Waals surface area contributed by atoms with Gasteiger partial charge in [0.25, 0.3) is 5.56 Å². The Hall–Kier alpha value is -2.37. The minimum Gasteiger partial charge on any atom is -0.306 e. The second-order valence-electron chi connectivity index (χ2n) is 5.52. The van der Waals surface area contributed by atoms with Crippen molar-refractivity contribution < 1.29 is 0 Å². The van der Waals surface area contributed by atoms with Crippen molar-refractivity contribution >= 4 is 16.7 Å². The van der Waals surface area contributed by atoms with Gasteiger partial charge in [-0.05, 0) is 19.4 Å². The van der Waals surface area contributed by atoms with Crippen molar-refractivity contribution in [3.8, 4) is 0 Å². The van der Waals surface area contributed by atoms with E-state index in [1.807, 2.05) is 13.8 Å². The van der Waals surface area contributed by atoms with Gasteiger partial charge < -0.3 is 9.55 Å². The molecule has 3 aromatic rings. The molecule has 0 amide bonds. The molecule has 0 aliphatic heterocycles. The summed E-state index contributed by atoms with van der Waals surface area (Å²) in [6.07, 6.45) is 2.61. The Balaban J connectivity index is 2.54. The molecule has 3 heterocycles. The minimum absolute atomic E-state index is 0.0438. The van der Waals surface area contributed by atoms with Gasteiger partial charge in [0.2, 0.25) is 5.56 Å². The fourth-order valence-electron chi connectivity index (χ4n) is 2.94. The van der Waals surface area contributed by atoms with Crippen molar-refractivity contribution in [3.05, 3.63) is 44.4 Å². The smallest absolute Gasteiger partial charge is 0.277 e. The SMILES string of the molecule is CCCCn1c(=O)c2c(C)nc(CC)n2c2[nH]c(=O)ccc21. The summed E-state index contributed by atoms with van der Waals surface area (Å²) >= 11 is 0. The lowest BCUT2D eigenvalue weighted by atomic mass is 10.3. The van der Waals surface area contributed by atoms with E-state index in [9.17, 15) is 9.59 Å². The molecule has 22 heavy (non-hydrogen) atoms. The van der Waals surface area contributed by atoms with E-state index in [0.717, 1.165) is 24.2 Å². The Morgan fingerprint density at radius 3 is 2.68 bits per heavy atom. The van der Waals surface area contributed by atoms with Crippen LogP contribution in [0.4, 0.5) is 0 Å². The van der Waals surface area contributed by atoms with Crippen LogP contribution in [0.5, 0.6) is 0 Å². The number of pyridine rings is 1. The third kappa shape index (κ3) is 2.06. The predicted octanol–water partition coefficient (Wildman–Crippen LogP) is 2.01. The number of fused-ring (bicyclic) bond motifs is 3. The van der Waals surface area contributed by atoms with Crippen molar-refractivity contribution in [2.75, 3.05) is 0 Å². The lowest BCUT2D eigenvalue weighted by molar-refractivity contribution is 0.630. The number of aromatic amines is 1. The van der Waals surface area contributed by atoms with E-state index in [2.05, 4.69) is 16.9 Å². The summed E-state index contributed by atoms with van der Waals surface area (Å²) < 4.78 is 3.55. The van der Waals surface area contributed by atoms with Gasteiger partial charge >= 0.3 is 0 Å². The average molecular weight is 300 g/mol. The fourth-order valence-corrected chi connectivity index (χ4v) is 2.94. The molecule has 0 spiro atoms. The van der Waals surface area contributed by atoms with E-state index in [4.69, 9.17) is 0 Å². The second kappa shape index (κ2) is 5.44. The monoisotopic (exact) mass is 300 g/mol. The highest BCUT2D eigenvalue weighted by Gasteiger charge is 2.17. The first kappa shape index (κ1) is 14.6. The average Bonchev–Trinajstić information content (AvgIpc) is 2.85. The Bertz CT molecular complexity index is 962. The Kier molecular flexibility index (Phi) is 3.60. The molecular formula is C16H20N4O2. The number of aromatic nitrogens is 4. The van der Waals surface area contributed by atoms with Crippen molar-refractivity contribution in [1.29, 1.82) is 0 Å². The number of H-pyrrole nitrogens is 1. The number of hydrogen-bond donors (Lipinski definition) is 1. The number of aryl methyl sites for hydroxylation is 3. The van der Waals surface area contributed by atoms with Gasteiger partial charge in [0, 0.05) is 19.0 Å². The summed E-state index contributed by atoms with van der Waals surface area (Å²) in [4.78, 5) is 32.0. The maximum Gasteiger partial charge on any atom is 0.277 e. The topological polar surface area (TPSA) is 72.2 Å². The molecule has 0 bridgehead atoms. The van der Waals surface area contributed by atoms with Gasteiger partial charge in [-0.1, -0.05) is 20.3 Å². The van der Waals surface area contributed by atoms with Crippen LogP contribution in [0.25, 0.3) is 16.7 Å². The molecule has 3 aromatic heterocycles. The quantitative estimate of drug-likeness (QED) is 0.801. The van der Waals surface area contributed by atoms with Crippen LogP contribution in [-0.2, 0) is 13.0 Å². The lowest BCUT2D eigenvalue weighted by Gasteiger charge is -2.12. The zero-order valence-corrected chi connectivity index (χ0v) is 13.1. The van der Waals surface area contributed by atoms with E-state index in [1.165, 1.54) is 6.07 Å². The Morgan fingerprint density at radius 2 is 2.00 bits per heavy atom. The highest BCUT2D eigenvalue weighted by Crippen LogP contribution is 2.17. The summed E-state index contributed by atoms with van der Waals surface area (Å²) in [5, 5.41) is 0. The predicted molar refractivity (Wildman–Crippen MR) is 86.6 cm³/mol. The van der Waals surface area contributed by atoms with Gasteiger partial charge in [0.1, 0.15) is 17.0 Å². The van der Waals surface area contributed by atoms with Crippen LogP contribution in [0.2, 0.25) is 0 Å². The molecule has 0 unspecified atom stereocenters. The number of rotatable bonds is 4. The van der Waals surface area contributed by atoms with Gasteiger partial charge in [-0.3, -0.25) is 14.0 Å². The molecule has 1 N–H and O–H groups in total. The number of hydrogen-bond acceptors (Lipinski definition) is 3. The van der Waals surface area contributed by atoms with Crippen LogP contribution in [-0.4, -0.2) is 18.9 Å². The number of imidazole rings is 1. The summed E-state index contributed by atoms with van der Waals surface area (Å²) in [6, 6.07) is 3.19. The molecule has 0 atom stereocenters. The lowest BCUT2D eigenvalue weighted by Crippen LogP contribution is -2.25. The van der Waals surface area contributed by atoms with Crippen LogP contribution in [0.15, 0.2) is 21.7 Å². The van der Waals surface area contributed by atoms with E-state index in [-0.39, 0.29) is 11.1 Å². The Morgan fingerprint density at radius 1 is 1.23 bits per heavy atom. The molecule has 116 valence electrons. The third-order valence-corrected chi connectivity index (χ3v) is 4.01. The van der Waals surface area contributed by atoms with Crippen LogP contribution < -0.4 is 11.1 Å². The van der Waals surface area contributed by atoms with Crippen LogP contribution in [0, 0.1) is 6.92 Å². The van der Waals surface area contributed by atoms with Crippen LogP contribution in [0.1, 0.15) is 38.2 Å². The molecule has 0 saturated carbocycles. The maximum atomic E-state index is 12.9. The van der Waals surface area contributed by atoms with E-state index < -0.39 is 0 Å². The zero-order chi connectivity index (χ0) is 15.9. The van der Waals surface area contributed by atoms with E-state index in [0.29, 0.717) is 29.8 Å². The van der Waals surface area contributed by atoms with Crippen LogP contribution in [0.3, 0.4) is 0 Å². The minimum atomic E-state index is -0.178. The summed E-state index contributed by atoms with van der Waals surface area (Å²) in [7, 11) is 0. The van der Waals surface area contributed by atoms with E-state index >= 15 is 0 Å². The van der Waals surface area contributed by atoms with Crippen molar-refractivity contribution in [3.63, 3.8) is 0 Å². The molecule has 0 radical (unpaired) electrons. The normalized spacial score (nSPS) is 11.6. The van der Waals surface area contributed by atoms with Gasteiger partial charge in [0.05, 0.1) is 11.2 Å². The number of nitrogens with one attached hydrogen (secondary N) is 1. The standard InChI is InChI=1S/C16H20N4O2/c1-4-6-9-19-11-7-8-13(21)18-15(11)20-12(5-2)17-10(3)14(20)16(19)22/h7-8H,4-6,9H2,1-3H3,(H,18,21). The van der Waals surface area contributed by atoms with Crippen LogP contribution >= 0.6 is 0 Å². The van der Waals surface area contributed by atoms with Crippen molar-refractivity contribution in [2.45, 2.75) is 46.6 Å². The molecule has 0 aliphatic carbocycles. The third-order valence-electron chi connectivity index (χ3n) is 4.01. The first-order valence-electron chi connectivity index (χ1n) is 7.72. The highest BCUT2D eigenvalue weighted by atomic mass is 16.1. The molecule has 0 aliphatic rings. The largest absolute Gasteiger partial charge is 0.306 e. The molecule has 0 aromatic carbocycles.